The van der Waals surface area contributed by atoms with Crippen LogP contribution < -0.4 is 20.5 Å². The number of anilines is 2. The minimum absolute atomic E-state index is 0.0270. The average Bonchev–Trinajstić information content (AvgIpc) is 3.13. The molecule has 0 saturated carbocycles. The molecule has 3 rings (SSSR count). The van der Waals surface area contributed by atoms with E-state index in [0.29, 0.717) is 35.4 Å². The summed E-state index contributed by atoms with van der Waals surface area (Å²) in [5.41, 5.74) is 1.60. The van der Waals surface area contributed by atoms with Crippen molar-refractivity contribution in [1.82, 2.24) is 9.55 Å². The van der Waals surface area contributed by atoms with E-state index >= 15 is 0 Å². The van der Waals surface area contributed by atoms with E-state index in [1.807, 2.05) is 0 Å². The Kier molecular flexibility index (Phi) is 8.11. The van der Waals surface area contributed by atoms with Gasteiger partial charge in [-0.25, -0.2) is 18.5 Å². The smallest absolute Gasteiger partial charge is 0.406 e. The van der Waals surface area contributed by atoms with E-state index in [1.54, 1.807) is 31.4 Å². The van der Waals surface area contributed by atoms with Gasteiger partial charge < -0.3 is 24.7 Å². The van der Waals surface area contributed by atoms with Gasteiger partial charge >= 0.3 is 6.18 Å². The van der Waals surface area contributed by atoms with Crippen LogP contribution in [0.25, 0.3) is 10.9 Å². The zero-order valence-corrected chi connectivity index (χ0v) is 19.8. The number of rotatable bonds is 9. The monoisotopic (exact) mass is 511 g/mol. The van der Waals surface area contributed by atoms with Crippen LogP contribution in [0.1, 0.15) is 5.69 Å². The highest BCUT2D eigenvalue weighted by Gasteiger charge is 2.29. The van der Waals surface area contributed by atoms with Crippen LogP contribution in [0.3, 0.4) is 0 Å². The van der Waals surface area contributed by atoms with Gasteiger partial charge in [0.05, 0.1) is 43.4 Å². The van der Waals surface area contributed by atoms with Gasteiger partial charge in [0, 0.05) is 30.8 Å². The minimum Gasteiger partial charge on any atom is -0.494 e. The van der Waals surface area contributed by atoms with Gasteiger partial charge in [-0.15, -0.1) is 0 Å². The first-order valence-corrected chi connectivity index (χ1v) is 11.8. The highest BCUT2D eigenvalue weighted by atomic mass is 32.2. The summed E-state index contributed by atoms with van der Waals surface area (Å²) in [6.45, 7) is -0.235. The maximum absolute atomic E-state index is 13.3. The maximum Gasteiger partial charge on any atom is 0.406 e. The van der Waals surface area contributed by atoms with Gasteiger partial charge in [0.25, 0.3) is 10.0 Å². The number of sulfonamides is 1. The SMILES string of the molecule is COCCNc1cccc2c1cc(C#CCNc1cnc(S(N)(=O)=O)cc1OC)n2CC(F)(F)F. The van der Waals surface area contributed by atoms with E-state index in [0.717, 1.165) is 10.6 Å². The Balaban J connectivity index is 1.88. The van der Waals surface area contributed by atoms with E-state index in [2.05, 4.69) is 27.5 Å². The summed E-state index contributed by atoms with van der Waals surface area (Å²) in [5, 5.41) is 11.4. The second kappa shape index (κ2) is 10.9. The lowest BCUT2D eigenvalue weighted by molar-refractivity contribution is -0.140. The number of primary sulfonamides is 1. The molecular weight excluding hydrogens is 487 g/mol. The van der Waals surface area contributed by atoms with Crippen LogP contribution in [0, 0.1) is 11.8 Å². The molecule has 0 aliphatic heterocycles. The first-order valence-electron chi connectivity index (χ1n) is 10.2. The lowest BCUT2D eigenvalue weighted by Gasteiger charge is -2.12. The molecule has 0 saturated heterocycles. The number of hydrogen-bond donors (Lipinski definition) is 3. The number of fused-ring (bicyclic) bond motifs is 1. The molecule has 188 valence electrons. The topological polar surface area (TPSA) is 120 Å². The van der Waals surface area contributed by atoms with Gasteiger partial charge in [-0.1, -0.05) is 12.0 Å². The van der Waals surface area contributed by atoms with E-state index < -0.39 is 22.7 Å². The van der Waals surface area contributed by atoms with Crippen molar-refractivity contribution in [2.75, 3.05) is 44.5 Å². The van der Waals surface area contributed by atoms with Crippen molar-refractivity contribution in [3.05, 3.63) is 42.2 Å². The van der Waals surface area contributed by atoms with Crippen LogP contribution in [0.5, 0.6) is 5.75 Å². The summed E-state index contributed by atoms with van der Waals surface area (Å²) in [5.74, 6) is 5.74. The molecule has 3 aromatic rings. The zero-order valence-electron chi connectivity index (χ0n) is 18.9. The highest BCUT2D eigenvalue weighted by molar-refractivity contribution is 7.89. The molecule has 2 aromatic heterocycles. The highest BCUT2D eigenvalue weighted by Crippen LogP contribution is 2.30. The summed E-state index contributed by atoms with van der Waals surface area (Å²) in [4.78, 5) is 3.77. The van der Waals surface area contributed by atoms with Crippen LogP contribution in [0.15, 0.2) is 41.6 Å². The second-order valence-electron chi connectivity index (χ2n) is 7.31. The number of nitrogens with zero attached hydrogens (tertiary/aromatic N) is 2. The molecule has 0 fully saturated rings. The van der Waals surface area contributed by atoms with Crippen molar-refractivity contribution in [2.45, 2.75) is 17.7 Å². The maximum atomic E-state index is 13.3. The van der Waals surface area contributed by atoms with Crippen LogP contribution in [-0.4, -0.2) is 58.1 Å². The molecule has 1 aromatic carbocycles. The number of methoxy groups -OCH3 is 2. The molecule has 0 aliphatic carbocycles. The third kappa shape index (κ3) is 6.78. The van der Waals surface area contributed by atoms with Crippen LogP contribution in [0.4, 0.5) is 24.5 Å². The zero-order chi connectivity index (χ0) is 25.6. The number of nitrogens with two attached hydrogens (primary N) is 1. The Labute approximate surface area is 200 Å². The van der Waals surface area contributed by atoms with Gasteiger partial charge in [-0.3, -0.25) is 0 Å². The van der Waals surface area contributed by atoms with E-state index in [9.17, 15) is 21.6 Å². The molecule has 35 heavy (non-hydrogen) atoms. The number of ether oxygens (including phenoxy) is 2. The largest absolute Gasteiger partial charge is 0.494 e. The molecule has 0 unspecified atom stereocenters. The van der Waals surface area contributed by atoms with E-state index in [4.69, 9.17) is 14.6 Å². The van der Waals surface area contributed by atoms with E-state index in [-0.39, 0.29) is 23.0 Å². The van der Waals surface area contributed by atoms with Gasteiger partial charge in [0.15, 0.2) is 5.03 Å². The molecular formula is C22H24F3N5O4S. The van der Waals surface area contributed by atoms with Crippen molar-refractivity contribution in [3.63, 3.8) is 0 Å². The number of aromatic nitrogens is 2. The van der Waals surface area contributed by atoms with Crippen LogP contribution in [0.2, 0.25) is 0 Å². The lowest BCUT2D eigenvalue weighted by atomic mass is 10.2. The molecule has 4 N–H and O–H groups in total. The third-order valence-corrected chi connectivity index (χ3v) is 5.65. The van der Waals surface area contributed by atoms with Gasteiger partial charge in [0.2, 0.25) is 0 Å². The van der Waals surface area contributed by atoms with Gasteiger partial charge in [0.1, 0.15) is 12.3 Å². The van der Waals surface area contributed by atoms with Crippen molar-refractivity contribution in [1.29, 1.82) is 0 Å². The first kappa shape index (κ1) is 26.1. The summed E-state index contributed by atoms with van der Waals surface area (Å²) in [6, 6.07) is 7.82. The fraction of sp³-hybridized carbons (Fsp3) is 0.318. The standard InChI is InChI=1S/C22H24F3N5O4S/c1-33-10-9-28-17-6-3-7-19-16(17)11-15(30(19)14-22(23,24)25)5-4-8-27-18-13-29-21(35(26,31)32)12-20(18)34-2/h3,6-7,11-13,27-28H,8-10,14H2,1-2H3,(H2,26,31,32). The summed E-state index contributed by atoms with van der Waals surface area (Å²) in [6.07, 6.45) is -3.22. The summed E-state index contributed by atoms with van der Waals surface area (Å²) < 4.78 is 74.1. The average molecular weight is 512 g/mol. The minimum atomic E-state index is -4.44. The van der Waals surface area contributed by atoms with Crippen LogP contribution >= 0.6 is 0 Å². The van der Waals surface area contributed by atoms with Gasteiger partial charge in [-0.05, 0) is 24.1 Å². The summed E-state index contributed by atoms with van der Waals surface area (Å²) in [7, 11) is -1.11. The molecule has 0 amide bonds. The Morgan fingerprint density at radius 1 is 1.17 bits per heavy atom. The number of nitrogens with one attached hydrogen (secondary N) is 2. The fourth-order valence-electron chi connectivity index (χ4n) is 3.33. The number of alkyl halides is 3. The molecule has 13 heteroatoms. The molecule has 0 spiro atoms. The number of benzene rings is 1. The quantitative estimate of drug-likeness (QED) is 0.298. The predicted octanol–water partition coefficient (Wildman–Crippen LogP) is 2.78. The normalized spacial score (nSPS) is 11.7. The van der Waals surface area contributed by atoms with Crippen molar-refractivity contribution in [3.8, 4) is 17.6 Å². The first-order chi connectivity index (χ1) is 16.5. The number of pyridine rings is 1. The van der Waals surface area contributed by atoms with Crippen molar-refractivity contribution >= 4 is 32.3 Å². The molecule has 0 radical (unpaired) electrons. The number of hydrogen-bond acceptors (Lipinski definition) is 7. The molecule has 0 aliphatic rings. The second-order valence-corrected chi connectivity index (χ2v) is 8.82. The number of halogens is 3. The molecule has 2 heterocycles. The Hall–Kier alpha value is -3.47. The molecule has 9 nitrogen and oxygen atoms in total. The fourth-order valence-corrected chi connectivity index (χ4v) is 3.80. The summed E-state index contributed by atoms with van der Waals surface area (Å²) >= 11 is 0. The van der Waals surface area contributed by atoms with Crippen molar-refractivity contribution < 1.29 is 31.1 Å². The third-order valence-electron chi connectivity index (χ3n) is 4.84. The van der Waals surface area contributed by atoms with E-state index in [1.165, 1.54) is 13.3 Å². The van der Waals surface area contributed by atoms with Crippen molar-refractivity contribution in [2.24, 2.45) is 5.14 Å². The predicted molar refractivity (Wildman–Crippen MR) is 126 cm³/mol. The lowest BCUT2D eigenvalue weighted by Crippen LogP contribution is -2.18. The Bertz CT molecular complexity index is 1360. The molecule has 0 bridgehead atoms. The van der Waals surface area contributed by atoms with Crippen LogP contribution in [-0.2, 0) is 21.3 Å². The molecule has 0 atom stereocenters. The Morgan fingerprint density at radius 3 is 2.60 bits per heavy atom. The van der Waals surface area contributed by atoms with Gasteiger partial charge in [-0.2, -0.15) is 13.2 Å². The Morgan fingerprint density at radius 2 is 1.94 bits per heavy atom.